The zero-order valence-electron chi connectivity index (χ0n) is 18.4. The number of methoxy groups -OCH3 is 2. The van der Waals surface area contributed by atoms with Gasteiger partial charge in [0.1, 0.15) is 0 Å². The lowest BCUT2D eigenvalue weighted by atomic mass is 10.1. The third kappa shape index (κ3) is 5.04. The van der Waals surface area contributed by atoms with E-state index in [1.54, 1.807) is 18.2 Å². The Morgan fingerprint density at radius 1 is 0.971 bits per heavy atom. The summed E-state index contributed by atoms with van der Waals surface area (Å²) in [4.78, 5) is 17.3. The van der Waals surface area contributed by atoms with Gasteiger partial charge < -0.3 is 14.0 Å². The number of carbonyl (C=O) groups excluding carboxylic acids is 1. The summed E-state index contributed by atoms with van der Waals surface area (Å²) in [7, 11) is 3.00. The number of hydrogen-bond donors (Lipinski definition) is 0. The molecule has 0 fully saturated rings. The molecule has 0 spiro atoms. The number of thioether (sulfide) groups is 1. The van der Waals surface area contributed by atoms with Gasteiger partial charge in [-0.25, -0.2) is 4.98 Å². The van der Waals surface area contributed by atoms with Crippen molar-refractivity contribution in [2.24, 2.45) is 0 Å². The van der Waals surface area contributed by atoms with E-state index in [4.69, 9.17) is 9.47 Å². The van der Waals surface area contributed by atoms with Crippen molar-refractivity contribution in [2.75, 3.05) is 20.0 Å². The van der Waals surface area contributed by atoms with Crippen molar-refractivity contribution in [3.63, 3.8) is 0 Å². The van der Waals surface area contributed by atoms with Gasteiger partial charge in [0.15, 0.2) is 22.4 Å². The standard InChI is InChI=1S/C25H21F3N2O3S/c1-32-22-11-8-17(12-23(22)33-2)21(31)15-34-24-29-19-13-18(25(26,27)28)9-10-20(19)30(24)14-16-6-4-3-5-7-16/h3-13H,14-15H2,1-2H3. The maximum absolute atomic E-state index is 13.2. The molecule has 3 aromatic carbocycles. The highest BCUT2D eigenvalue weighted by molar-refractivity contribution is 7.99. The van der Waals surface area contributed by atoms with Crippen molar-refractivity contribution in [3.8, 4) is 11.5 Å². The van der Waals surface area contributed by atoms with Crippen LogP contribution in [-0.2, 0) is 12.7 Å². The van der Waals surface area contributed by atoms with Crippen LogP contribution in [0.4, 0.5) is 13.2 Å². The number of fused-ring (bicyclic) bond motifs is 1. The van der Waals surface area contributed by atoms with Crippen molar-refractivity contribution in [2.45, 2.75) is 17.9 Å². The topological polar surface area (TPSA) is 53.3 Å². The molecular formula is C25H21F3N2O3S. The van der Waals surface area contributed by atoms with Crippen molar-refractivity contribution in [3.05, 3.63) is 83.4 Å². The van der Waals surface area contributed by atoms with Crippen LogP contribution in [-0.4, -0.2) is 35.3 Å². The molecule has 0 amide bonds. The third-order valence-corrected chi connectivity index (χ3v) is 6.24. The van der Waals surface area contributed by atoms with Crippen LogP contribution in [0.1, 0.15) is 21.5 Å². The van der Waals surface area contributed by atoms with Crippen LogP contribution < -0.4 is 9.47 Å². The molecule has 0 bridgehead atoms. The molecular weight excluding hydrogens is 465 g/mol. The molecule has 0 aliphatic carbocycles. The number of Topliss-reactive ketones (excluding diaryl/α,β-unsaturated/α-hetero) is 1. The summed E-state index contributed by atoms with van der Waals surface area (Å²) in [5, 5.41) is 0.465. The molecule has 34 heavy (non-hydrogen) atoms. The van der Waals surface area contributed by atoms with Crippen molar-refractivity contribution >= 4 is 28.6 Å². The normalized spacial score (nSPS) is 11.6. The summed E-state index contributed by atoms with van der Waals surface area (Å²) in [5.74, 6) is 0.839. The number of hydrogen-bond acceptors (Lipinski definition) is 5. The van der Waals surface area contributed by atoms with Gasteiger partial charge in [-0.3, -0.25) is 4.79 Å². The van der Waals surface area contributed by atoms with E-state index in [1.165, 1.54) is 32.0 Å². The number of imidazole rings is 1. The Morgan fingerprint density at radius 3 is 2.38 bits per heavy atom. The molecule has 0 aliphatic rings. The number of ketones is 1. The van der Waals surface area contributed by atoms with E-state index in [0.717, 1.165) is 17.7 Å². The quantitative estimate of drug-likeness (QED) is 0.223. The zero-order chi connectivity index (χ0) is 24.3. The lowest BCUT2D eigenvalue weighted by Gasteiger charge is -2.11. The Hall–Kier alpha value is -3.46. The maximum Gasteiger partial charge on any atom is 0.416 e. The lowest BCUT2D eigenvalue weighted by molar-refractivity contribution is -0.137. The van der Waals surface area contributed by atoms with Crippen LogP contribution in [0.2, 0.25) is 0 Å². The van der Waals surface area contributed by atoms with Gasteiger partial charge in [0.2, 0.25) is 0 Å². The minimum Gasteiger partial charge on any atom is -0.493 e. The second-order valence-corrected chi connectivity index (χ2v) is 8.39. The summed E-state index contributed by atoms with van der Waals surface area (Å²) < 4.78 is 52.0. The Morgan fingerprint density at radius 2 is 1.71 bits per heavy atom. The van der Waals surface area contributed by atoms with Gasteiger partial charge in [0, 0.05) is 5.56 Å². The van der Waals surface area contributed by atoms with Gasteiger partial charge in [-0.05, 0) is 42.0 Å². The molecule has 0 radical (unpaired) electrons. The molecule has 0 atom stereocenters. The predicted octanol–water partition coefficient (Wildman–Crippen LogP) is 6.10. The second kappa shape index (κ2) is 9.80. The first kappa shape index (κ1) is 23.7. The number of nitrogens with zero attached hydrogens (tertiary/aromatic N) is 2. The summed E-state index contributed by atoms with van der Waals surface area (Å²) in [6.45, 7) is 0.412. The Kier molecular flexibility index (Phi) is 6.83. The van der Waals surface area contributed by atoms with Gasteiger partial charge in [-0.1, -0.05) is 42.1 Å². The highest BCUT2D eigenvalue weighted by atomic mass is 32.2. The van der Waals surface area contributed by atoms with Crippen LogP contribution in [0, 0.1) is 0 Å². The SMILES string of the molecule is COc1ccc(C(=O)CSc2nc3cc(C(F)(F)F)ccc3n2Cc2ccccc2)cc1OC. The molecule has 0 unspecified atom stereocenters. The minimum absolute atomic E-state index is 0.0553. The summed E-state index contributed by atoms with van der Waals surface area (Å²) >= 11 is 1.18. The summed E-state index contributed by atoms with van der Waals surface area (Å²) in [5.41, 5.74) is 1.44. The molecule has 0 saturated heterocycles. The van der Waals surface area contributed by atoms with E-state index in [0.29, 0.717) is 34.3 Å². The molecule has 1 heterocycles. The van der Waals surface area contributed by atoms with Crippen molar-refractivity contribution < 1.29 is 27.4 Å². The Balaban J connectivity index is 1.65. The van der Waals surface area contributed by atoms with Gasteiger partial charge in [0.25, 0.3) is 0 Å². The van der Waals surface area contributed by atoms with Gasteiger partial charge in [-0.2, -0.15) is 13.2 Å². The van der Waals surface area contributed by atoms with Crippen LogP contribution in [0.3, 0.4) is 0 Å². The molecule has 0 saturated carbocycles. The van der Waals surface area contributed by atoms with E-state index in [-0.39, 0.29) is 17.1 Å². The van der Waals surface area contributed by atoms with E-state index in [1.807, 2.05) is 34.9 Å². The van der Waals surface area contributed by atoms with Crippen LogP contribution >= 0.6 is 11.8 Å². The monoisotopic (exact) mass is 486 g/mol. The van der Waals surface area contributed by atoms with Gasteiger partial charge >= 0.3 is 6.18 Å². The van der Waals surface area contributed by atoms with E-state index in [2.05, 4.69) is 4.98 Å². The average Bonchev–Trinajstić information content (AvgIpc) is 3.18. The van der Waals surface area contributed by atoms with Crippen molar-refractivity contribution in [1.82, 2.24) is 9.55 Å². The fourth-order valence-corrected chi connectivity index (χ4v) is 4.44. The molecule has 4 rings (SSSR count). The number of rotatable bonds is 8. The first-order valence-electron chi connectivity index (χ1n) is 10.3. The fourth-order valence-electron chi connectivity index (χ4n) is 3.54. The van der Waals surface area contributed by atoms with Gasteiger partial charge in [-0.15, -0.1) is 0 Å². The largest absolute Gasteiger partial charge is 0.493 e. The lowest BCUT2D eigenvalue weighted by Crippen LogP contribution is -2.06. The molecule has 176 valence electrons. The first-order valence-corrected chi connectivity index (χ1v) is 11.3. The van der Waals surface area contributed by atoms with E-state index >= 15 is 0 Å². The van der Waals surface area contributed by atoms with E-state index in [9.17, 15) is 18.0 Å². The smallest absolute Gasteiger partial charge is 0.416 e. The van der Waals surface area contributed by atoms with Crippen LogP contribution in [0.15, 0.2) is 71.9 Å². The van der Waals surface area contributed by atoms with Gasteiger partial charge in [0.05, 0.1) is 43.1 Å². The predicted molar refractivity (Wildman–Crippen MR) is 125 cm³/mol. The molecule has 0 aliphatic heterocycles. The summed E-state index contributed by atoms with van der Waals surface area (Å²) in [6.07, 6.45) is -4.46. The Labute approximate surface area is 198 Å². The molecule has 4 aromatic rings. The molecule has 0 N–H and O–H groups in total. The minimum atomic E-state index is -4.46. The highest BCUT2D eigenvalue weighted by Crippen LogP contribution is 2.34. The molecule has 5 nitrogen and oxygen atoms in total. The number of ether oxygens (including phenoxy) is 2. The van der Waals surface area contributed by atoms with Crippen LogP contribution in [0.25, 0.3) is 11.0 Å². The van der Waals surface area contributed by atoms with E-state index < -0.39 is 11.7 Å². The van der Waals surface area contributed by atoms with Crippen LogP contribution in [0.5, 0.6) is 11.5 Å². The number of carbonyl (C=O) groups is 1. The first-order chi connectivity index (χ1) is 16.3. The summed E-state index contributed by atoms with van der Waals surface area (Å²) in [6, 6.07) is 17.9. The number of alkyl halides is 3. The molecule has 9 heteroatoms. The number of benzene rings is 3. The Bertz CT molecular complexity index is 1320. The number of halogens is 3. The highest BCUT2D eigenvalue weighted by Gasteiger charge is 2.31. The third-order valence-electron chi connectivity index (χ3n) is 5.26. The maximum atomic E-state index is 13.2. The average molecular weight is 487 g/mol. The fraction of sp³-hybridized carbons (Fsp3) is 0.200. The zero-order valence-corrected chi connectivity index (χ0v) is 19.2. The number of aromatic nitrogens is 2. The molecule has 1 aromatic heterocycles. The second-order valence-electron chi connectivity index (χ2n) is 7.45. The van der Waals surface area contributed by atoms with Crippen molar-refractivity contribution in [1.29, 1.82) is 0 Å².